The van der Waals surface area contributed by atoms with Gasteiger partial charge in [-0.3, -0.25) is 9.59 Å². The number of aryl methyl sites for hydroxylation is 1. The Labute approximate surface area is 184 Å². The van der Waals surface area contributed by atoms with Gasteiger partial charge >= 0.3 is 0 Å². The molecule has 1 N–H and O–H groups in total. The van der Waals surface area contributed by atoms with Crippen LogP contribution < -0.4 is 5.32 Å². The van der Waals surface area contributed by atoms with Crippen molar-refractivity contribution in [2.45, 2.75) is 38.8 Å². The average molecular weight is 416 g/mol. The summed E-state index contributed by atoms with van der Waals surface area (Å²) in [7, 11) is 1.93. The van der Waals surface area contributed by atoms with Crippen LogP contribution in [-0.4, -0.2) is 33.4 Å². The van der Waals surface area contributed by atoms with E-state index in [9.17, 15) is 9.59 Å². The molecule has 160 valence electrons. The van der Waals surface area contributed by atoms with Crippen molar-refractivity contribution in [2.75, 3.05) is 6.54 Å². The summed E-state index contributed by atoms with van der Waals surface area (Å²) in [6.45, 7) is 5.80. The summed E-state index contributed by atoms with van der Waals surface area (Å²) in [6, 6.07) is 16.5. The van der Waals surface area contributed by atoms with Gasteiger partial charge in [0.05, 0.1) is 13.0 Å². The third-order valence-corrected chi connectivity index (χ3v) is 5.06. The quantitative estimate of drug-likeness (QED) is 0.622. The molecule has 5 nitrogen and oxygen atoms in total. The minimum atomic E-state index is -0.836. The van der Waals surface area contributed by atoms with Crippen LogP contribution >= 0.6 is 0 Å². The number of rotatable bonds is 6. The number of benzene rings is 2. The minimum Gasteiger partial charge on any atom is -0.350 e. The van der Waals surface area contributed by atoms with E-state index in [-0.39, 0.29) is 24.8 Å². The van der Waals surface area contributed by atoms with Crippen LogP contribution in [-0.2, 0) is 23.1 Å². The first-order valence-electron chi connectivity index (χ1n) is 10.3. The maximum atomic E-state index is 13.5. The first kappa shape index (κ1) is 22.2. The van der Waals surface area contributed by atoms with Crippen LogP contribution in [0.3, 0.4) is 0 Å². The summed E-state index contributed by atoms with van der Waals surface area (Å²) in [5, 5.41) is 3.96. The fourth-order valence-corrected chi connectivity index (χ4v) is 3.77. The Kier molecular flexibility index (Phi) is 6.50. The number of aromatic nitrogens is 1. The molecule has 0 fully saturated rings. The SMILES string of the molecule is C#CCN(C(=O)Cc1ccccc1)C(C(=O)NC(C)(C)C)c1cn(C)c2ccccc12. The van der Waals surface area contributed by atoms with Crippen LogP contribution in [0.2, 0.25) is 0 Å². The highest BCUT2D eigenvalue weighted by Gasteiger charge is 2.34. The second-order valence-corrected chi connectivity index (χ2v) is 8.74. The van der Waals surface area contributed by atoms with Crippen molar-refractivity contribution in [2.24, 2.45) is 7.05 Å². The molecule has 0 spiro atoms. The average Bonchev–Trinajstić information content (AvgIpc) is 3.04. The van der Waals surface area contributed by atoms with E-state index in [4.69, 9.17) is 6.42 Å². The lowest BCUT2D eigenvalue weighted by Crippen LogP contribution is -2.49. The van der Waals surface area contributed by atoms with Crippen molar-refractivity contribution < 1.29 is 9.59 Å². The van der Waals surface area contributed by atoms with Gasteiger partial charge in [0.2, 0.25) is 11.8 Å². The zero-order chi connectivity index (χ0) is 22.6. The van der Waals surface area contributed by atoms with Gasteiger partial charge < -0.3 is 14.8 Å². The van der Waals surface area contributed by atoms with Crippen molar-refractivity contribution in [1.29, 1.82) is 0 Å². The van der Waals surface area contributed by atoms with Gasteiger partial charge in [-0.25, -0.2) is 0 Å². The monoisotopic (exact) mass is 415 g/mol. The molecule has 31 heavy (non-hydrogen) atoms. The molecule has 0 radical (unpaired) electrons. The molecular weight excluding hydrogens is 386 g/mol. The van der Waals surface area contributed by atoms with E-state index in [1.165, 1.54) is 4.90 Å². The van der Waals surface area contributed by atoms with E-state index in [1.807, 2.05) is 93.2 Å². The lowest BCUT2D eigenvalue weighted by atomic mass is 10.00. The predicted molar refractivity (Wildman–Crippen MR) is 124 cm³/mol. The molecule has 0 aliphatic rings. The second-order valence-electron chi connectivity index (χ2n) is 8.74. The molecule has 2 aromatic carbocycles. The maximum absolute atomic E-state index is 13.5. The van der Waals surface area contributed by atoms with E-state index in [0.717, 1.165) is 22.0 Å². The second kappa shape index (κ2) is 9.09. The van der Waals surface area contributed by atoms with E-state index in [1.54, 1.807) is 0 Å². The highest BCUT2D eigenvalue weighted by molar-refractivity contribution is 5.95. The van der Waals surface area contributed by atoms with E-state index in [0.29, 0.717) is 0 Å². The number of carbonyl (C=O) groups excluding carboxylic acids is 2. The minimum absolute atomic E-state index is 0.0388. The van der Waals surface area contributed by atoms with Crippen LogP contribution in [0, 0.1) is 12.3 Å². The molecule has 1 unspecified atom stereocenters. The smallest absolute Gasteiger partial charge is 0.247 e. The van der Waals surface area contributed by atoms with Crippen molar-refractivity contribution in [3.05, 3.63) is 71.9 Å². The van der Waals surface area contributed by atoms with Crippen LogP contribution in [0.4, 0.5) is 0 Å². The molecule has 1 heterocycles. The molecule has 3 aromatic rings. The number of hydrogen-bond donors (Lipinski definition) is 1. The van der Waals surface area contributed by atoms with E-state index < -0.39 is 11.6 Å². The summed E-state index contributed by atoms with van der Waals surface area (Å²) in [5.74, 6) is 2.14. The summed E-state index contributed by atoms with van der Waals surface area (Å²) < 4.78 is 1.97. The topological polar surface area (TPSA) is 54.3 Å². The summed E-state index contributed by atoms with van der Waals surface area (Å²) >= 11 is 0. The Morgan fingerprint density at radius 1 is 1.10 bits per heavy atom. The molecule has 1 aromatic heterocycles. The fourth-order valence-electron chi connectivity index (χ4n) is 3.77. The van der Waals surface area contributed by atoms with Crippen LogP contribution in [0.1, 0.15) is 37.9 Å². The molecule has 0 aliphatic carbocycles. The number of hydrogen-bond acceptors (Lipinski definition) is 2. The number of nitrogens with one attached hydrogen (secondary N) is 1. The van der Waals surface area contributed by atoms with Gasteiger partial charge in [0, 0.05) is 35.2 Å². The molecule has 3 rings (SSSR count). The highest BCUT2D eigenvalue weighted by atomic mass is 16.2. The molecular formula is C26H29N3O2. The molecule has 0 saturated carbocycles. The van der Waals surface area contributed by atoms with Gasteiger partial charge in [0.15, 0.2) is 0 Å². The van der Waals surface area contributed by atoms with E-state index in [2.05, 4.69) is 11.2 Å². The Bertz CT molecular complexity index is 1120. The number of fused-ring (bicyclic) bond motifs is 1. The van der Waals surface area contributed by atoms with Crippen LogP contribution in [0.5, 0.6) is 0 Å². The van der Waals surface area contributed by atoms with Crippen molar-refractivity contribution in [3.63, 3.8) is 0 Å². The van der Waals surface area contributed by atoms with Gasteiger partial charge in [0.25, 0.3) is 0 Å². The van der Waals surface area contributed by atoms with Gasteiger partial charge in [-0.2, -0.15) is 0 Å². The molecule has 1 atom stereocenters. The first-order chi connectivity index (χ1) is 14.7. The van der Waals surface area contributed by atoms with Crippen LogP contribution in [0.25, 0.3) is 10.9 Å². The molecule has 0 saturated heterocycles. The third-order valence-electron chi connectivity index (χ3n) is 5.06. The Hall–Kier alpha value is -3.52. The van der Waals surface area contributed by atoms with Crippen LogP contribution in [0.15, 0.2) is 60.8 Å². The highest BCUT2D eigenvalue weighted by Crippen LogP contribution is 2.31. The Morgan fingerprint density at radius 3 is 2.39 bits per heavy atom. The van der Waals surface area contributed by atoms with E-state index >= 15 is 0 Å². The van der Waals surface area contributed by atoms with Gasteiger partial charge in [-0.1, -0.05) is 54.5 Å². The number of nitrogens with zero attached hydrogens (tertiary/aromatic N) is 2. The number of carbonyl (C=O) groups is 2. The maximum Gasteiger partial charge on any atom is 0.247 e. The number of amides is 2. The zero-order valence-corrected chi connectivity index (χ0v) is 18.6. The lowest BCUT2D eigenvalue weighted by molar-refractivity contribution is -0.140. The molecule has 2 amide bonds. The number of para-hydroxylation sites is 1. The van der Waals surface area contributed by atoms with Gasteiger partial charge in [-0.05, 0) is 32.4 Å². The lowest BCUT2D eigenvalue weighted by Gasteiger charge is -2.32. The third kappa shape index (κ3) is 5.16. The molecule has 0 bridgehead atoms. The molecule has 5 heteroatoms. The fraction of sp³-hybridized carbons (Fsp3) is 0.308. The van der Waals surface area contributed by atoms with Gasteiger partial charge in [0.1, 0.15) is 6.04 Å². The van der Waals surface area contributed by atoms with Crippen molar-refractivity contribution in [3.8, 4) is 12.3 Å². The summed E-state index contributed by atoms with van der Waals surface area (Å²) in [5.41, 5.74) is 2.17. The summed E-state index contributed by atoms with van der Waals surface area (Å²) in [4.78, 5) is 28.4. The first-order valence-corrected chi connectivity index (χ1v) is 10.3. The Morgan fingerprint density at radius 2 is 1.74 bits per heavy atom. The zero-order valence-electron chi connectivity index (χ0n) is 18.6. The summed E-state index contributed by atoms with van der Waals surface area (Å²) in [6.07, 6.45) is 7.73. The van der Waals surface area contributed by atoms with Crippen molar-refractivity contribution in [1.82, 2.24) is 14.8 Å². The predicted octanol–water partition coefficient (Wildman–Crippen LogP) is 3.84. The van der Waals surface area contributed by atoms with Crippen molar-refractivity contribution >= 4 is 22.7 Å². The normalized spacial score (nSPS) is 12.2. The number of terminal acetylenes is 1. The standard InChI is InChI=1S/C26H29N3O2/c1-6-16-29(23(30)17-19-12-8-7-9-13-19)24(25(31)27-26(2,3)4)21-18-28(5)22-15-11-10-14-20(21)22/h1,7-15,18,24H,16-17H2,2-5H3,(H,27,31). The largest absolute Gasteiger partial charge is 0.350 e. The Balaban J connectivity index is 2.09. The molecule has 0 aliphatic heterocycles. The van der Waals surface area contributed by atoms with Gasteiger partial charge in [-0.15, -0.1) is 6.42 Å².